The molecule has 0 fully saturated rings. The minimum Gasteiger partial charge on any atom is -0.497 e. The number of halogens is 1. The highest BCUT2D eigenvalue weighted by atomic mass is 32.2. The Hall–Kier alpha value is -1.96. The largest absolute Gasteiger partial charge is 0.497 e. The quantitative estimate of drug-likeness (QED) is 0.866. The Bertz CT molecular complexity index is 806. The van der Waals surface area contributed by atoms with Crippen LogP contribution in [0.25, 0.3) is 0 Å². The highest BCUT2D eigenvalue weighted by molar-refractivity contribution is 7.89. The topological polar surface area (TPSA) is 66.8 Å². The van der Waals surface area contributed by atoms with Gasteiger partial charge in [-0.2, -0.15) is 4.31 Å². The number of methoxy groups -OCH3 is 1. The molecule has 0 aliphatic rings. The first-order valence-electron chi connectivity index (χ1n) is 7.30. The van der Waals surface area contributed by atoms with Gasteiger partial charge in [0.05, 0.1) is 24.7 Å². The molecule has 5 nitrogen and oxygen atoms in total. The van der Waals surface area contributed by atoms with Crippen LogP contribution in [0.2, 0.25) is 0 Å². The minimum absolute atomic E-state index is 0.153. The third-order valence-corrected chi connectivity index (χ3v) is 5.80. The summed E-state index contributed by atoms with van der Waals surface area (Å²) < 4.78 is 45.3. The zero-order valence-electron chi connectivity index (χ0n) is 13.7. The number of likely N-dealkylation sites (N-methyl/N-ethyl adjacent to an activating group) is 1. The molecule has 2 aromatic rings. The lowest BCUT2D eigenvalue weighted by atomic mass is 10.1. The zero-order valence-corrected chi connectivity index (χ0v) is 14.5. The maximum Gasteiger partial charge on any atom is 0.243 e. The van der Waals surface area contributed by atoms with Crippen LogP contribution in [0.5, 0.6) is 5.75 Å². The van der Waals surface area contributed by atoms with Gasteiger partial charge in [-0.1, -0.05) is 18.2 Å². The van der Waals surface area contributed by atoms with Gasteiger partial charge in [-0.3, -0.25) is 0 Å². The van der Waals surface area contributed by atoms with E-state index in [9.17, 15) is 17.9 Å². The molecule has 7 heteroatoms. The van der Waals surface area contributed by atoms with Crippen molar-refractivity contribution in [2.75, 3.05) is 20.8 Å². The van der Waals surface area contributed by atoms with Crippen LogP contribution in [0.1, 0.15) is 17.2 Å². The molecule has 0 unspecified atom stereocenters. The predicted molar refractivity (Wildman–Crippen MR) is 88.9 cm³/mol. The molecule has 130 valence electrons. The van der Waals surface area contributed by atoms with E-state index in [4.69, 9.17) is 4.74 Å². The summed E-state index contributed by atoms with van der Waals surface area (Å²) in [7, 11) is -1.06. The smallest absolute Gasteiger partial charge is 0.243 e. The van der Waals surface area contributed by atoms with E-state index in [1.54, 1.807) is 31.2 Å². The fourth-order valence-electron chi connectivity index (χ4n) is 2.32. The van der Waals surface area contributed by atoms with Gasteiger partial charge in [0.2, 0.25) is 10.0 Å². The Kier molecular flexibility index (Phi) is 5.58. The highest BCUT2D eigenvalue weighted by Gasteiger charge is 2.29. The van der Waals surface area contributed by atoms with E-state index in [0.29, 0.717) is 16.9 Å². The molecule has 1 atom stereocenters. The SMILES string of the molecule is COc1ccc([C@@H](CO)N(C)S(=O)(=O)c2ccc(C)c(F)c2)cc1. The van der Waals surface area contributed by atoms with Crippen LogP contribution in [0.4, 0.5) is 4.39 Å². The number of rotatable bonds is 6. The molecule has 0 saturated heterocycles. The van der Waals surface area contributed by atoms with E-state index in [0.717, 1.165) is 10.4 Å². The second-order valence-electron chi connectivity index (χ2n) is 5.40. The summed E-state index contributed by atoms with van der Waals surface area (Å²) in [6.45, 7) is 1.15. The number of hydrogen-bond donors (Lipinski definition) is 1. The first kappa shape index (κ1) is 18.4. The summed E-state index contributed by atoms with van der Waals surface area (Å²) in [4.78, 5) is -0.153. The van der Waals surface area contributed by atoms with E-state index in [1.165, 1.54) is 26.3 Å². The van der Waals surface area contributed by atoms with Gasteiger partial charge in [0.25, 0.3) is 0 Å². The van der Waals surface area contributed by atoms with Crippen LogP contribution in [0.3, 0.4) is 0 Å². The number of aryl methyl sites for hydroxylation is 1. The second-order valence-corrected chi connectivity index (χ2v) is 7.40. The highest BCUT2D eigenvalue weighted by Crippen LogP contribution is 2.27. The van der Waals surface area contributed by atoms with E-state index in [2.05, 4.69) is 0 Å². The molecule has 0 spiro atoms. The Morgan fingerprint density at radius 1 is 1.21 bits per heavy atom. The van der Waals surface area contributed by atoms with Gasteiger partial charge >= 0.3 is 0 Å². The van der Waals surface area contributed by atoms with Crippen molar-refractivity contribution >= 4 is 10.0 Å². The standard InChI is InChI=1S/C17H20FNO4S/c1-12-4-9-15(10-16(12)18)24(21,22)19(2)17(11-20)13-5-7-14(23-3)8-6-13/h4-10,17,20H,11H2,1-3H3/t17-/m1/s1. The second kappa shape index (κ2) is 7.29. The average Bonchev–Trinajstić information content (AvgIpc) is 2.58. The maximum absolute atomic E-state index is 13.7. The molecule has 0 aliphatic heterocycles. The fraction of sp³-hybridized carbons (Fsp3) is 0.294. The predicted octanol–water partition coefficient (Wildman–Crippen LogP) is 2.50. The monoisotopic (exact) mass is 353 g/mol. The summed E-state index contributed by atoms with van der Waals surface area (Å²) in [5.74, 6) is 0.0380. The molecule has 2 aromatic carbocycles. The minimum atomic E-state index is -3.95. The molecular formula is C17H20FNO4S. The van der Waals surface area contributed by atoms with Crippen molar-refractivity contribution in [2.24, 2.45) is 0 Å². The molecule has 0 saturated carbocycles. The van der Waals surface area contributed by atoms with Crippen LogP contribution in [0.15, 0.2) is 47.4 Å². The van der Waals surface area contributed by atoms with Crippen molar-refractivity contribution in [3.05, 3.63) is 59.4 Å². The zero-order chi connectivity index (χ0) is 17.9. The van der Waals surface area contributed by atoms with E-state index in [-0.39, 0.29) is 4.90 Å². The first-order chi connectivity index (χ1) is 11.3. The lowest BCUT2D eigenvalue weighted by Gasteiger charge is -2.26. The van der Waals surface area contributed by atoms with Crippen molar-refractivity contribution in [3.8, 4) is 5.75 Å². The van der Waals surface area contributed by atoms with Gasteiger partial charge in [0.15, 0.2) is 0 Å². The molecule has 0 radical (unpaired) electrons. The average molecular weight is 353 g/mol. The van der Waals surface area contributed by atoms with Crippen LogP contribution in [-0.4, -0.2) is 38.6 Å². The molecule has 24 heavy (non-hydrogen) atoms. The van der Waals surface area contributed by atoms with E-state index >= 15 is 0 Å². The van der Waals surface area contributed by atoms with Crippen molar-refractivity contribution < 1.29 is 22.7 Å². The lowest BCUT2D eigenvalue weighted by molar-refractivity contribution is 0.204. The number of ether oxygens (including phenoxy) is 1. The van der Waals surface area contributed by atoms with Crippen molar-refractivity contribution in [2.45, 2.75) is 17.9 Å². The van der Waals surface area contributed by atoms with Gasteiger partial charge < -0.3 is 9.84 Å². The summed E-state index contributed by atoms with van der Waals surface area (Å²) >= 11 is 0. The molecule has 0 aromatic heterocycles. The molecule has 0 heterocycles. The molecule has 0 aliphatic carbocycles. The first-order valence-corrected chi connectivity index (χ1v) is 8.74. The van der Waals surface area contributed by atoms with Gasteiger partial charge in [0, 0.05) is 7.05 Å². The van der Waals surface area contributed by atoms with Crippen LogP contribution in [0, 0.1) is 12.7 Å². The van der Waals surface area contributed by atoms with Gasteiger partial charge in [-0.15, -0.1) is 0 Å². The summed E-state index contributed by atoms with van der Waals surface area (Å²) in [5, 5.41) is 9.67. The fourth-order valence-corrected chi connectivity index (χ4v) is 3.67. The summed E-state index contributed by atoms with van der Waals surface area (Å²) in [5.41, 5.74) is 0.974. The third-order valence-electron chi connectivity index (χ3n) is 3.93. The van der Waals surface area contributed by atoms with E-state index < -0.39 is 28.5 Å². The lowest BCUT2D eigenvalue weighted by Crippen LogP contribution is -2.33. The van der Waals surface area contributed by atoms with Crippen LogP contribution in [-0.2, 0) is 10.0 Å². The summed E-state index contributed by atoms with van der Waals surface area (Å²) in [6, 6.07) is 9.70. The maximum atomic E-state index is 13.7. The van der Waals surface area contributed by atoms with Crippen molar-refractivity contribution in [1.82, 2.24) is 4.31 Å². The molecular weight excluding hydrogens is 333 g/mol. The van der Waals surface area contributed by atoms with Crippen molar-refractivity contribution in [3.63, 3.8) is 0 Å². The normalized spacial score (nSPS) is 13.1. The van der Waals surface area contributed by atoms with Gasteiger partial charge in [-0.25, -0.2) is 12.8 Å². The Morgan fingerprint density at radius 3 is 2.33 bits per heavy atom. The Morgan fingerprint density at radius 2 is 1.83 bits per heavy atom. The molecule has 1 N–H and O–H groups in total. The summed E-state index contributed by atoms with van der Waals surface area (Å²) in [6.07, 6.45) is 0. The number of aliphatic hydroxyl groups excluding tert-OH is 1. The number of nitrogens with zero attached hydrogens (tertiary/aromatic N) is 1. The van der Waals surface area contributed by atoms with Gasteiger partial charge in [0.1, 0.15) is 11.6 Å². The van der Waals surface area contributed by atoms with Crippen molar-refractivity contribution in [1.29, 1.82) is 0 Å². The molecule has 2 rings (SSSR count). The van der Waals surface area contributed by atoms with Crippen LogP contribution >= 0.6 is 0 Å². The Labute approximate surface area is 141 Å². The number of benzene rings is 2. The molecule has 0 bridgehead atoms. The number of sulfonamides is 1. The Balaban J connectivity index is 2.38. The number of aliphatic hydroxyl groups is 1. The van der Waals surface area contributed by atoms with Gasteiger partial charge in [-0.05, 0) is 42.3 Å². The number of hydrogen-bond acceptors (Lipinski definition) is 4. The molecule has 0 amide bonds. The third kappa shape index (κ3) is 3.58. The van der Waals surface area contributed by atoms with Crippen LogP contribution < -0.4 is 4.74 Å². The van der Waals surface area contributed by atoms with E-state index in [1.807, 2.05) is 0 Å².